The predicted molar refractivity (Wildman–Crippen MR) is 89.0 cm³/mol. The molecule has 6 nitrogen and oxygen atoms in total. The summed E-state index contributed by atoms with van der Waals surface area (Å²) >= 11 is 0. The first-order chi connectivity index (χ1) is 11.1. The number of amides is 1. The molecule has 0 fully saturated rings. The zero-order valence-electron chi connectivity index (χ0n) is 13.3. The van der Waals surface area contributed by atoms with Crippen LogP contribution < -0.4 is 10.6 Å². The van der Waals surface area contributed by atoms with Crippen molar-refractivity contribution >= 4 is 17.5 Å². The standard InChI is InChI=1S/C17H19N5O/c1-12-10-13(2)21-17(20-12)19-9-3-4-16(23)22-15-7-5-14(11-18)6-8-15/h5-8,10H,3-4,9H2,1-2H3,(H,22,23)(H,19,20,21). The number of nitrogens with one attached hydrogen (secondary N) is 2. The van der Waals surface area contributed by atoms with Crippen molar-refractivity contribution in [1.82, 2.24) is 9.97 Å². The van der Waals surface area contributed by atoms with Crippen molar-refractivity contribution in [2.45, 2.75) is 26.7 Å². The van der Waals surface area contributed by atoms with Crippen LogP contribution >= 0.6 is 0 Å². The first-order valence-corrected chi connectivity index (χ1v) is 7.43. The third-order valence-electron chi connectivity index (χ3n) is 3.14. The number of carbonyl (C=O) groups excluding carboxylic acids is 1. The topological polar surface area (TPSA) is 90.7 Å². The van der Waals surface area contributed by atoms with Crippen molar-refractivity contribution in [2.75, 3.05) is 17.2 Å². The van der Waals surface area contributed by atoms with Crippen LogP contribution in [-0.2, 0) is 4.79 Å². The smallest absolute Gasteiger partial charge is 0.224 e. The Bertz CT molecular complexity index is 699. The van der Waals surface area contributed by atoms with Crippen molar-refractivity contribution < 1.29 is 4.79 Å². The van der Waals surface area contributed by atoms with E-state index in [9.17, 15) is 4.79 Å². The molecule has 0 unspecified atom stereocenters. The van der Waals surface area contributed by atoms with Gasteiger partial charge in [0, 0.05) is 30.0 Å². The van der Waals surface area contributed by atoms with Crippen LogP contribution in [0.2, 0.25) is 0 Å². The number of anilines is 2. The molecule has 0 saturated carbocycles. The normalized spacial score (nSPS) is 9.96. The number of benzene rings is 1. The second-order valence-corrected chi connectivity index (χ2v) is 5.24. The average molecular weight is 309 g/mol. The summed E-state index contributed by atoms with van der Waals surface area (Å²) in [5, 5.41) is 14.7. The Kier molecular flexibility index (Phi) is 5.64. The zero-order chi connectivity index (χ0) is 16.7. The fourth-order valence-corrected chi connectivity index (χ4v) is 2.11. The number of carbonyl (C=O) groups is 1. The van der Waals surface area contributed by atoms with E-state index in [0.29, 0.717) is 36.6 Å². The van der Waals surface area contributed by atoms with E-state index in [2.05, 4.69) is 20.6 Å². The van der Waals surface area contributed by atoms with E-state index in [-0.39, 0.29) is 5.91 Å². The van der Waals surface area contributed by atoms with E-state index in [4.69, 9.17) is 5.26 Å². The van der Waals surface area contributed by atoms with Gasteiger partial charge >= 0.3 is 0 Å². The summed E-state index contributed by atoms with van der Waals surface area (Å²) in [5.74, 6) is 0.535. The van der Waals surface area contributed by atoms with Crippen molar-refractivity contribution in [3.05, 3.63) is 47.3 Å². The average Bonchev–Trinajstić information content (AvgIpc) is 2.51. The summed E-state index contributed by atoms with van der Waals surface area (Å²) < 4.78 is 0. The van der Waals surface area contributed by atoms with Gasteiger partial charge in [-0.15, -0.1) is 0 Å². The van der Waals surface area contributed by atoms with Crippen molar-refractivity contribution in [2.24, 2.45) is 0 Å². The maximum Gasteiger partial charge on any atom is 0.224 e. The van der Waals surface area contributed by atoms with E-state index in [1.54, 1.807) is 24.3 Å². The highest BCUT2D eigenvalue weighted by Gasteiger charge is 2.03. The van der Waals surface area contributed by atoms with Gasteiger partial charge in [0.25, 0.3) is 0 Å². The minimum Gasteiger partial charge on any atom is -0.354 e. The maximum atomic E-state index is 11.9. The lowest BCUT2D eigenvalue weighted by Gasteiger charge is -2.07. The molecule has 1 aromatic carbocycles. The molecule has 6 heteroatoms. The Labute approximate surface area is 135 Å². The molecule has 0 aliphatic heterocycles. The SMILES string of the molecule is Cc1cc(C)nc(NCCCC(=O)Nc2ccc(C#N)cc2)n1. The van der Waals surface area contributed by atoms with E-state index in [1.165, 1.54) is 0 Å². The fraction of sp³-hybridized carbons (Fsp3) is 0.294. The third-order valence-corrected chi connectivity index (χ3v) is 3.14. The van der Waals surface area contributed by atoms with Gasteiger partial charge in [-0.05, 0) is 50.6 Å². The summed E-state index contributed by atoms with van der Waals surface area (Å²) in [7, 11) is 0. The molecule has 0 saturated heterocycles. The largest absolute Gasteiger partial charge is 0.354 e. The Morgan fingerprint density at radius 2 is 1.83 bits per heavy atom. The molecule has 23 heavy (non-hydrogen) atoms. The minimum absolute atomic E-state index is 0.0575. The van der Waals surface area contributed by atoms with Gasteiger partial charge in [0.2, 0.25) is 11.9 Å². The number of rotatable bonds is 6. The number of aromatic nitrogens is 2. The number of aryl methyl sites for hydroxylation is 2. The lowest BCUT2D eigenvalue weighted by Crippen LogP contribution is -2.14. The zero-order valence-corrected chi connectivity index (χ0v) is 13.3. The van der Waals surface area contributed by atoms with Gasteiger partial charge in [0.15, 0.2) is 0 Å². The van der Waals surface area contributed by atoms with Crippen LogP contribution in [0.15, 0.2) is 30.3 Å². The van der Waals surface area contributed by atoms with Crippen LogP contribution in [0.3, 0.4) is 0 Å². The van der Waals surface area contributed by atoms with Crippen LogP contribution in [0.25, 0.3) is 0 Å². The second kappa shape index (κ2) is 7.90. The fourth-order valence-electron chi connectivity index (χ4n) is 2.11. The van der Waals surface area contributed by atoms with Crippen LogP contribution in [0.4, 0.5) is 11.6 Å². The summed E-state index contributed by atoms with van der Waals surface area (Å²) in [5.41, 5.74) is 3.09. The summed E-state index contributed by atoms with van der Waals surface area (Å²) in [4.78, 5) is 20.4. The summed E-state index contributed by atoms with van der Waals surface area (Å²) in [6.07, 6.45) is 1.08. The monoisotopic (exact) mass is 309 g/mol. The number of hydrogen-bond acceptors (Lipinski definition) is 5. The first-order valence-electron chi connectivity index (χ1n) is 7.43. The predicted octanol–water partition coefficient (Wildman–Crippen LogP) is 2.80. The van der Waals surface area contributed by atoms with Crippen LogP contribution in [0.1, 0.15) is 29.8 Å². The highest BCUT2D eigenvalue weighted by atomic mass is 16.1. The van der Waals surface area contributed by atoms with Gasteiger partial charge in [-0.25, -0.2) is 9.97 Å². The first kappa shape index (κ1) is 16.4. The molecule has 2 aromatic rings. The molecule has 0 aliphatic rings. The van der Waals surface area contributed by atoms with Crippen LogP contribution in [-0.4, -0.2) is 22.4 Å². The molecule has 1 amide bonds. The second-order valence-electron chi connectivity index (χ2n) is 5.24. The Morgan fingerprint density at radius 1 is 1.17 bits per heavy atom. The Balaban J connectivity index is 1.73. The number of nitrogens with zero attached hydrogens (tertiary/aromatic N) is 3. The molecule has 1 heterocycles. The molecule has 118 valence electrons. The van der Waals surface area contributed by atoms with Crippen molar-refractivity contribution in [1.29, 1.82) is 5.26 Å². The van der Waals surface area contributed by atoms with Gasteiger partial charge in [-0.2, -0.15) is 5.26 Å². The highest BCUT2D eigenvalue weighted by Crippen LogP contribution is 2.09. The van der Waals surface area contributed by atoms with E-state index in [0.717, 1.165) is 11.4 Å². The van der Waals surface area contributed by atoms with Gasteiger partial charge in [-0.1, -0.05) is 0 Å². The highest BCUT2D eigenvalue weighted by molar-refractivity contribution is 5.90. The van der Waals surface area contributed by atoms with Crippen LogP contribution in [0, 0.1) is 25.2 Å². The van der Waals surface area contributed by atoms with E-state index in [1.807, 2.05) is 26.0 Å². The molecule has 1 aromatic heterocycles. The lowest BCUT2D eigenvalue weighted by molar-refractivity contribution is -0.116. The van der Waals surface area contributed by atoms with E-state index >= 15 is 0 Å². The third kappa shape index (κ3) is 5.40. The molecule has 2 rings (SSSR count). The van der Waals surface area contributed by atoms with E-state index < -0.39 is 0 Å². The van der Waals surface area contributed by atoms with Gasteiger partial charge in [0.05, 0.1) is 11.6 Å². The molecule has 2 N–H and O–H groups in total. The minimum atomic E-state index is -0.0575. The van der Waals surface area contributed by atoms with Crippen molar-refractivity contribution in [3.63, 3.8) is 0 Å². The molecule has 0 aliphatic carbocycles. The molecule has 0 spiro atoms. The molecular weight excluding hydrogens is 290 g/mol. The summed E-state index contributed by atoms with van der Waals surface area (Å²) in [6, 6.07) is 10.7. The van der Waals surface area contributed by atoms with Crippen molar-refractivity contribution in [3.8, 4) is 6.07 Å². The Morgan fingerprint density at radius 3 is 2.43 bits per heavy atom. The quantitative estimate of drug-likeness (QED) is 0.801. The molecule has 0 atom stereocenters. The maximum absolute atomic E-state index is 11.9. The summed E-state index contributed by atoms with van der Waals surface area (Å²) in [6.45, 7) is 4.47. The number of nitriles is 1. The van der Waals surface area contributed by atoms with Gasteiger partial charge < -0.3 is 10.6 Å². The lowest BCUT2D eigenvalue weighted by atomic mass is 10.2. The van der Waals surface area contributed by atoms with Gasteiger partial charge in [-0.3, -0.25) is 4.79 Å². The van der Waals surface area contributed by atoms with Gasteiger partial charge in [0.1, 0.15) is 0 Å². The molecule has 0 bridgehead atoms. The van der Waals surface area contributed by atoms with Crippen LogP contribution in [0.5, 0.6) is 0 Å². The Hall–Kier alpha value is -2.94. The number of hydrogen-bond donors (Lipinski definition) is 2. The molecule has 0 radical (unpaired) electrons. The molecular formula is C17H19N5O.